The highest BCUT2D eigenvalue weighted by Crippen LogP contribution is 2.22. The normalized spacial score (nSPS) is 10.9. The van der Waals surface area contributed by atoms with Crippen LogP contribution in [0, 0.1) is 11.6 Å². The number of hydrogen-bond acceptors (Lipinski definition) is 4. The van der Waals surface area contributed by atoms with Crippen molar-refractivity contribution in [3.63, 3.8) is 0 Å². The van der Waals surface area contributed by atoms with Crippen LogP contribution in [0.1, 0.15) is 0 Å². The number of nitrogens with one attached hydrogen (secondary N) is 1. The molecule has 0 bridgehead atoms. The van der Waals surface area contributed by atoms with Gasteiger partial charge < -0.3 is 5.32 Å². The molecule has 118 valence electrons. The minimum atomic E-state index is -0.600. The quantitative estimate of drug-likeness (QED) is 0.623. The van der Waals surface area contributed by atoms with Gasteiger partial charge in [-0.2, -0.15) is 0 Å². The fourth-order valence-corrected chi connectivity index (χ4v) is 2.35. The Bertz CT molecular complexity index is 1010. The van der Waals surface area contributed by atoms with E-state index in [9.17, 15) is 8.78 Å². The summed E-state index contributed by atoms with van der Waals surface area (Å²) in [6, 6.07) is 11.2. The van der Waals surface area contributed by atoms with E-state index in [1.54, 1.807) is 6.20 Å². The highest BCUT2D eigenvalue weighted by molar-refractivity contribution is 5.61. The van der Waals surface area contributed by atoms with E-state index in [4.69, 9.17) is 0 Å². The second kappa shape index (κ2) is 5.69. The summed E-state index contributed by atoms with van der Waals surface area (Å²) in [7, 11) is 0. The Morgan fingerprint density at radius 1 is 0.917 bits per heavy atom. The molecule has 3 aromatic heterocycles. The van der Waals surface area contributed by atoms with E-state index in [1.165, 1.54) is 24.3 Å². The number of anilines is 2. The van der Waals surface area contributed by atoms with Crippen molar-refractivity contribution >= 4 is 17.2 Å². The summed E-state index contributed by atoms with van der Waals surface area (Å²) in [5.74, 6) is -0.621. The fourth-order valence-electron chi connectivity index (χ4n) is 2.35. The first-order chi connectivity index (χ1) is 11.7. The van der Waals surface area contributed by atoms with E-state index in [0.717, 1.165) is 11.8 Å². The van der Waals surface area contributed by atoms with Gasteiger partial charge in [0.15, 0.2) is 17.5 Å². The number of imidazole rings is 1. The molecule has 0 aliphatic heterocycles. The van der Waals surface area contributed by atoms with Crippen molar-refractivity contribution in [1.29, 1.82) is 0 Å². The number of aromatic nitrogens is 4. The summed E-state index contributed by atoms with van der Waals surface area (Å²) in [5, 5.41) is 2.83. The van der Waals surface area contributed by atoms with Gasteiger partial charge in [0.05, 0.1) is 12.4 Å². The van der Waals surface area contributed by atoms with Crippen LogP contribution >= 0.6 is 0 Å². The number of hydrogen-bond donors (Lipinski definition) is 1. The van der Waals surface area contributed by atoms with Gasteiger partial charge in [-0.15, -0.1) is 0 Å². The zero-order chi connectivity index (χ0) is 16.5. The summed E-state index contributed by atoms with van der Waals surface area (Å²) in [5.41, 5.74) is 1.92. The average Bonchev–Trinajstić information content (AvgIpc) is 3.03. The zero-order valence-corrected chi connectivity index (χ0v) is 12.3. The molecule has 3 heterocycles. The van der Waals surface area contributed by atoms with Crippen LogP contribution in [0.25, 0.3) is 17.2 Å². The van der Waals surface area contributed by atoms with Crippen molar-refractivity contribution in [2.45, 2.75) is 0 Å². The zero-order valence-electron chi connectivity index (χ0n) is 12.3. The van der Waals surface area contributed by atoms with Crippen molar-refractivity contribution in [2.24, 2.45) is 0 Å². The highest BCUT2D eigenvalue weighted by atomic mass is 19.1. The van der Waals surface area contributed by atoms with Crippen LogP contribution in [-0.2, 0) is 0 Å². The molecule has 1 N–H and O–H groups in total. The summed E-state index contributed by atoms with van der Waals surface area (Å²) in [6.07, 6.45) is 4.55. The number of fused-ring (bicyclic) bond motifs is 1. The Kier molecular flexibility index (Phi) is 3.38. The molecule has 0 aliphatic carbocycles. The SMILES string of the molecule is Fc1ccc(Nc2nc(-c3cnc4ccccn34)ncc2F)cc1. The Hall–Kier alpha value is -3.35. The molecular weight excluding hydrogens is 312 g/mol. The van der Waals surface area contributed by atoms with Crippen LogP contribution in [0.3, 0.4) is 0 Å². The van der Waals surface area contributed by atoms with E-state index in [2.05, 4.69) is 20.3 Å². The van der Waals surface area contributed by atoms with Gasteiger partial charge in [-0.05, 0) is 36.4 Å². The van der Waals surface area contributed by atoms with Crippen LogP contribution in [-0.4, -0.2) is 19.4 Å². The Morgan fingerprint density at radius 2 is 1.75 bits per heavy atom. The number of rotatable bonds is 3. The molecule has 0 fully saturated rings. The third-order valence-corrected chi connectivity index (χ3v) is 3.50. The molecule has 1 aromatic carbocycles. The molecule has 7 heteroatoms. The molecule has 4 rings (SSSR count). The molecule has 0 saturated heterocycles. The second-order valence-electron chi connectivity index (χ2n) is 5.09. The first-order valence-electron chi connectivity index (χ1n) is 7.18. The molecule has 0 saturated carbocycles. The third kappa shape index (κ3) is 2.56. The van der Waals surface area contributed by atoms with Crippen LogP contribution < -0.4 is 5.32 Å². The molecular formula is C17H11F2N5. The number of benzene rings is 1. The number of pyridine rings is 1. The minimum Gasteiger partial charge on any atom is -0.338 e. The van der Waals surface area contributed by atoms with Gasteiger partial charge in [-0.1, -0.05) is 6.07 Å². The summed E-state index contributed by atoms with van der Waals surface area (Å²) in [6.45, 7) is 0. The summed E-state index contributed by atoms with van der Waals surface area (Å²) in [4.78, 5) is 12.5. The van der Waals surface area contributed by atoms with Crippen molar-refractivity contribution in [3.8, 4) is 11.5 Å². The molecule has 0 amide bonds. The van der Waals surface area contributed by atoms with E-state index < -0.39 is 5.82 Å². The molecule has 0 spiro atoms. The van der Waals surface area contributed by atoms with Crippen molar-refractivity contribution in [3.05, 3.63) is 72.7 Å². The first-order valence-corrected chi connectivity index (χ1v) is 7.18. The van der Waals surface area contributed by atoms with Crippen molar-refractivity contribution < 1.29 is 8.78 Å². The molecule has 24 heavy (non-hydrogen) atoms. The maximum Gasteiger partial charge on any atom is 0.184 e. The minimum absolute atomic E-state index is 0.0116. The van der Waals surface area contributed by atoms with Crippen LogP contribution in [0.4, 0.5) is 20.3 Å². The molecule has 4 aromatic rings. The lowest BCUT2D eigenvalue weighted by atomic mass is 10.3. The lowest BCUT2D eigenvalue weighted by Gasteiger charge is -2.08. The van der Waals surface area contributed by atoms with E-state index >= 15 is 0 Å². The molecule has 0 atom stereocenters. The van der Waals surface area contributed by atoms with E-state index in [1.807, 2.05) is 28.8 Å². The number of nitrogens with zero attached hydrogens (tertiary/aromatic N) is 4. The molecule has 0 unspecified atom stereocenters. The van der Waals surface area contributed by atoms with Crippen molar-refractivity contribution in [2.75, 3.05) is 5.32 Å². The van der Waals surface area contributed by atoms with E-state index in [0.29, 0.717) is 17.2 Å². The van der Waals surface area contributed by atoms with Gasteiger partial charge in [0.2, 0.25) is 0 Å². The monoisotopic (exact) mass is 323 g/mol. The number of halogens is 2. The lowest BCUT2D eigenvalue weighted by molar-refractivity contribution is 0.619. The van der Waals surface area contributed by atoms with Gasteiger partial charge in [-0.25, -0.2) is 23.7 Å². The topological polar surface area (TPSA) is 55.1 Å². The predicted octanol–water partition coefficient (Wildman–Crippen LogP) is 3.81. The van der Waals surface area contributed by atoms with Gasteiger partial charge >= 0.3 is 0 Å². The highest BCUT2D eigenvalue weighted by Gasteiger charge is 2.12. The van der Waals surface area contributed by atoms with Crippen LogP contribution in [0.15, 0.2) is 61.1 Å². The molecule has 0 aliphatic rings. The smallest absolute Gasteiger partial charge is 0.184 e. The molecule has 5 nitrogen and oxygen atoms in total. The van der Waals surface area contributed by atoms with Gasteiger partial charge in [-0.3, -0.25) is 4.40 Å². The third-order valence-electron chi connectivity index (χ3n) is 3.50. The Morgan fingerprint density at radius 3 is 2.58 bits per heavy atom. The largest absolute Gasteiger partial charge is 0.338 e. The standard InChI is InChI=1S/C17H11F2N5/c18-11-4-6-12(7-5-11)22-16-13(19)9-21-17(23-16)14-10-20-15-3-1-2-8-24(14)15/h1-10H,(H,21,22,23). The van der Waals surface area contributed by atoms with E-state index in [-0.39, 0.29) is 11.6 Å². The van der Waals surface area contributed by atoms with Gasteiger partial charge in [0, 0.05) is 11.9 Å². The summed E-state index contributed by atoms with van der Waals surface area (Å²) < 4.78 is 28.8. The maximum absolute atomic E-state index is 14.0. The van der Waals surface area contributed by atoms with Crippen molar-refractivity contribution in [1.82, 2.24) is 19.4 Å². The van der Waals surface area contributed by atoms with Crippen LogP contribution in [0.5, 0.6) is 0 Å². The molecule has 0 radical (unpaired) electrons. The van der Waals surface area contributed by atoms with Gasteiger partial charge in [0.1, 0.15) is 17.2 Å². The van der Waals surface area contributed by atoms with Crippen LogP contribution in [0.2, 0.25) is 0 Å². The lowest BCUT2D eigenvalue weighted by Crippen LogP contribution is -2.01. The maximum atomic E-state index is 14.0. The predicted molar refractivity (Wildman–Crippen MR) is 85.9 cm³/mol. The average molecular weight is 323 g/mol. The van der Waals surface area contributed by atoms with Gasteiger partial charge in [0.25, 0.3) is 0 Å². The Balaban J connectivity index is 1.74. The summed E-state index contributed by atoms with van der Waals surface area (Å²) >= 11 is 0. The first kappa shape index (κ1) is 14.3. The fraction of sp³-hybridized carbons (Fsp3) is 0. The Labute approximate surface area is 135 Å². The second-order valence-corrected chi connectivity index (χ2v) is 5.09.